The van der Waals surface area contributed by atoms with E-state index in [1.165, 1.54) is 72.8 Å². The van der Waals surface area contributed by atoms with Crippen LogP contribution in [0.1, 0.15) is 93.6 Å². The summed E-state index contributed by atoms with van der Waals surface area (Å²) in [5, 5.41) is 86.1. The third-order valence-electron chi connectivity index (χ3n) is 16.3. The minimum atomic E-state index is -1.66. The number of phenols is 3. The summed E-state index contributed by atoms with van der Waals surface area (Å²) in [5.74, 6) is -9.52. The lowest BCUT2D eigenvalue weighted by molar-refractivity contribution is -0.142. The van der Waals surface area contributed by atoms with Crippen molar-refractivity contribution in [2.24, 2.45) is 5.92 Å². The normalized spacial score (nSPS) is 15.2. The van der Waals surface area contributed by atoms with Gasteiger partial charge in [-0.05, 0) is 128 Å². The van der Waals surface area contributed by atoms with Gasteiger partial charge >= 0.3 is 11.9 Å². The zero-order chi connectivity index (χ0) is 73.8. The van der Waals surface area contributed by atoms with Crippen LogP contribution in [0.3, 0.4) is 0 Å². The number of aromatic hydroxyl groups is 3. The van der Waals surface area contributed by atoms with Gasteiger partial charge in [-0.1, -0.05) is 56.1 Å². The van der Waals surface area contributed by atoms with E-state index in [9.17, 15) is 83.4 Å². The molecule has 7 rings (SSSR count). The maximum atomic E-state index is 14.5. The first kappa shape index (κ1) is 78.6. The highest BCUT2D eigenvalue weighted by Crippen LogP contribution is 2.42. The molecule has 0 spiro atoms. The molecule has 4 aromatic rings. The third kappa shape index (κ3) is 22.9. The molecule has 0 bridgehead atoms. The van der Waals surface area contributed by atoms with Crippen LogP contribution in [0, 0.1) is 5.92 Å². The van der Waals surface area contributed by atoms with Gasteiger partial charge in [-0.3, -0.25) is 47.9 Å². The smallest absolute Gasteiger partial charge is 0.336 e. The Hall–Kier alpha value is -9.69. The fourth-order valence-corrected chi connectivity index (χ4v) is 12.0. The molecule has 1 aliphatic carbocycles. The van der Waals surface area contributed by atoms with Crippen LogP contribution in [0.15, 0.2) is 106 Å². The fourth-order valence-electron chi connectivity index (χ4n) is 11.3. The molecule has 1 fully saturated rings. The lowest BCUT2D eigenvalue weighted by Crippen LogP contribution is -2.60. The molecular weight excluding hydrogens is 1390 g/mol. The molecule has 2 heterocycles. The quantitative estimate of drug-likeness (QED) is 0.0117. The van der Waals surface area contributed by atoms with Crippen molar-refractivity contribution in [3.8, 4) is 39.7 Å². The number of hydrogen-bond acceptors (Lipinski definition) is 19. The Morgan fingerprint density at radius 1 is 0.653 bits per heavy atom. The van der Waals surface area contributed by atoms with Crippen molar-refractivity contribution >= 4 is 130 Å². The molecular formula is C69H81ClN10O18S3. The molecule has 8 amide bonds. The Kier molecular flexibility index (Phi) is 28.9. The van der Waals surface area contributed by atoms with Crippen molar-refractivity contribution in [3.05, 3.63) is 129 Å². The number of aliphatic carboxylic acids is 1. The summed E-state index contributed by atoms with van der Waals surface area (Å²) in [4.78, 5) is 149. The molecule has 15 N–H and O–H groups in total. The number of nitrogens with one attached hydrogen (secondary N) is 9. The van der Waals surface area contributed by atoms with E-state index in [4.69, 9.17) is 28.2 Å². The number of carboxylic acid groups (broad SMARTS) is 2. The Labute approximate surface area is 601 Å². The van der Waals surface area contributed by atoms with Gasteiger partial charge in [-0.2, -0.15) is 25.3 Å². The number of β-amino-alcohol motifs (C(OH)–C–C–N with tert-alkyl or cyclic N) is 1. The monoisotopic (exact) mass is 1470 g/mol. The van der Waals surface area contributed by atoms with Gasteiger partial charge in [0.05, 0.1) is 23.2 Å². The predicted octanol–water partition coefficient (Wildman–Crippen LogP) is 4.14. The number of fused-ring (bicyclic) bond motifs is 2. The lowest BCUT2D eigenvalue weighted by atomic mass is 9.90. The molecule has 28 nitrogen and oxygen atoms in total. The second-order valence-corrected chi connectivity index (χ2v) is 26.4. The number of likely N-dealkylation sites (tertiary alicyclic amines) is 1. The average Bonchev–Trinajstić information content (AvgIpc) is 1.24. The molecule has 1 saturated heterocycles. The summed E-state index contributed by atoms with van der Waals surface area (Å²) in [6, 6.07) is 14.1. The second kappa shape index (κ2) is 37.1. The maximum Gasteiger partial charge on any atom is 0.336 e. The van der Waals surface area contributed by atoms with E-state index in [1.54, 1.807) is 31.2 Å². The van der Waals surface area contributed by atoms with Crippen molar-refractivity contribution in [2.45, 2.75) is 133 Å². The van der Waals surface area contributed by atoms with E-state index in [2.05, 4.69) is 73.1 Å². The van der Waals surface area contributed by atoms with E-state index >= 15 is 0 Å². The number of hydrogen-bond donors (Lipinski definition) is 17. The number of thiocarbonyl (C=S) groups is 1. The number of thiol groups is 2. The summed E-state index contributed by atoms with van der Waals surface area (Å²) in [5.41, 5.74) is 2.19. The number of carboxylic acids is 2. The van der Waals surface area contributed by atoms with Gasteiger partial charge in [0, 0.05) is 97.1 Å². The molecule has 32 heteroatoms. The van der Waals surface area contributed by atoms with E-state index in [0.717, 1.165) is 4.90 Å². The van der Waals surface area contributed by atoms with Crippen LogP contribution in [0.2, 0.25) is 5.02 Å². The number of nitrogens with zero attached hydrogens (tertiary/aromatic N) is 1. The number of unbranched alkanes of at least 4 members (excludes halogenated alkanes) is 2. The number of phenolic OH excluding ortho intramolecular Hbond substituents is 3. The molecule has 0 radical (unpaired) electrons. The summed E-state index contributed by atoms with van der Waals surface area (Å²) >= 11 is 20.2. The topological polar surface area (TPSA) is 434 Å². The van der Waals surface area contributed by atoms with E-state index in [0.29, 0.717) is 70.5 Å². The Balaban J connectivity index is 0.962. The van der Waals surface area contributed by atoms with Crippen molar-refractivity contribution in [3.63, 3.8) is 0 Å². The first-order valence-corrected chi connectivity index (χ1v) is 34.4. The number of aliphatic hydroxyl groups is 1. The number of anilines is 1. The number of amides is 8. The zero-order valence-corrected chi connectivity index (χ0v) is 58.6. The van der Waals surface area contributed by atoms with Crippen LogP contribution in [-0.2, 0) is 56.0 Å². The molecule has 2 aliphatic heterocycles. The van der Waals surface area contributed by atoms with Crippen LogP contribution in [-0.4, -0.2) is 179 Å². The molecule has 0 aromatic heterocycles. The minimum absolute atomic E-state index is 0.0179. The van der Waals surface area contributed by atoms with Gasteiger partial charge in [0.25, 0.3) is 0 Å². The third-order valence-corrected chi connectivity index (χ3v) is 17.8. The first-order valence-electron chi connectivity index (χ1n) is 32.4. The number of carbonyl (C=O) groups excluding carboxylic acids is 8. The van der Waals surface area contributed by atoms with Crippen LogP contribution < -0.4 is 53.3 Å². The molecule has 0 saturated carbocycles. The number of aromatic carboxylic acids is 1. The number of rotatable bonds is 34. The first-order chi connectivity index (χ1) is 48.0. The van der Waals surface area contributed by atoms with Crippen molar-refractivity contribution < 1.29 is 83.0 Å². The minimum Gasteiger partial charge on any atom is -0.508 e. The van der Waals surface area contributed by atoms with Gasteiger partial charge < -0.3 is 87.8 Å². The molecule has 0 unspecified atom stereocenters. The molecule has 3 aliphatic rings. The highest BCUT2D eigenvalue weighted by Gasteiger charge is 2.43. The van der Waals surface area contributed by atoms with E-state index in [-0.39, 0.29) is 93.8 Å². The van der Waals surface area contributed by atoms with Gasteiger partial charge in [0.2, 0.25) is 47.3 Å². The number of benzene rings is 5. The molecule has 4 aromatic carbocycles. The molecule has 540 valence electrons. The largest absolute Gasteiger partial charge is 0.508 e. The summed E-state index contributed by atoms with van der Waals surface area (Å²) in [7, 11) is 0. The second-order valence-electron chi connectivity index (χ2n) is 24.8. The Bertz CT molecular complexity index is 4070. The maximum absolute atomic E-state index is 14.5. The van der Waals surface area contributed by atoms with Crippen LogP contribution >= 0.6 is 49.1 Å². The fraction of sp³-hybridized carbons (Fsp3) is 0.391. The van der Waals surface area contributed by atoms with Gasteiger partial charge in [-0.15, -0.1) is 0 Å². The number of carbonyl (C=O) groups is 10. The van der Waals surface area contributed by atoms with Crippen molar-refractivity contribution in [1.29, 1.82) is 0 Å². The SMILES string of the molecule is CC(C)C[C@H](NC(=O)CNC(=O)[C@H](Cc1ccc(O)c(Cl)c1)NC(=O)[C@@H]1C[C@@H](O)CN1C(=O)[C@H](CS)NC(=O)[C@@H](CCC(=O)O)NC(=O)[C@H](Cc1ccc(O)cc1)NC(=O)CCCCCNC(=S)Nc1ccc(-c2c3ccc(=O)cc-3oc3cc(O)ccc23)c(C(=O)O)c1)C(=O)N[C@H](C)CS. The van der Waals surface area contributed by atoms with Gasteiger partial charge in [-0.25, -0.2) is 4.79 Å². The Morgan fingerprint density at radius 3 is 1.99 bits per heavy atom. The average molecular weight is 1470 g/mol. The Morgan fingerprint density at radius 2 is 1.31 bits per heavy atom. The van der Waals surface area contributed by atoms with Crippen LogP contribution in [0.4, 0.5) is 5.69 Å². The van der Waals surface area contributed by atoms with E-state index in [1.807, 2.05) is 13.8 Å². The lowest BCUT2D eigenvalue weighted by Gasteiger charge is -2.30. The zero-order valence-electron chi connectivity index (χ0n) is 55.3. The number of aliphatic hydroxyl groups excluding tert-OH is 1. The van der Waals surface area contributed by atoms with Crippen LogP contribution in [0.5, 0.6) is 17.2 Å². The standard InChI is InChI=1S/C69H81ClN10O18S3/c1-35(2)23-50(64(92)73-36(3)33-99)76-59(87)31-72-62(90)51(26-38-10-20-55(85)48(70)24-38)78-66(94)54-28-43(84)32-80(54)67(95)53(34-100)79-63(91)49(19-21-60(88)89)77-65(93)52(25-37-8-12-40(81)13-9-37)75-58(86)7-5-4-6-22-71-69(101)74-39-11-16-44(47(27-39)68(96)97)61-45-17-14-41(82)29-56(45)98-57-30-42(83)15-18-46(57)61/h8-18,20,24,27,29-30,35-36,43,49-54,81-82,84-85,99-100H,4-7,19,21-23,25-26,28,31-34H2,1-3H3,(H,72,90)(H,73,92)(H,75,86)(H,76,87)(H,77,93)(H,78,94)(H,79,91)(H,88,89)(H,96,97)(H2,71,74,101)/t36-,43-,49-,50+,51+,52+,53+,54+/m1/s1. The van der Waals surface area contributed by atoms with Crippen molar-refractivity contribution in [1.82, 2.24) is 47.4 Å². The predicted molar refractivity (Wildman–Crippen MR) is 385 cm³/mol. The highest BCUT2D eigenvalue weighted by atomic mass is 35.5. The summed E-state index contributed by atoms with van der Waals surface area (Å²) < 4.78 is 5.92. The molecule has 8 atom stereocenters. The number of halogens is 1. The molecule has 101 heavy (non-hydrogen) atoms. The highest BCUT2D eigenvalue weighted by molar-refractivity contribution is 7.80. The summed E-state index contributed by atoms with van der Waals surface area (Å²) in [6.45, 7) is 4.69. The van der Waals surface area contributed by atoms with Gasteiger partial charge in [0.1, 0.15) is 64.8 Å². The van der Waals surface area contributed by atoms with Gasteiger partial charge in [0.15, 0.2) is 10.5 Å². The summed E-state index contributed by atoms with van der Waals surface area (Å²) in [6.07, 6.45) is -1.79. The van der Waals surface area contributed by atoms with Crippen LogP contribution in [0.25, 0.3) is 33.4 Å². The van der Waals surface area contributed by atoms with Crippen molar-refractivity contribution in [2.75, 3.05) is 36.5 Å². The van der Waals surface area contributed by atoms with E-state index < -0.39 is 133 Å².